The number of esters is 1. The van der Waals surface area contributed by atoms with Gasteiger partial charge in [-0.3, -0.25) is 4.55 Å². The molecule has 2 aromatic rings. The number of carbonyl (C=O) groups excluding carboxylic acids is 1. The Hall–Kier alpha value is -2.18. The SMILES string of the molecule is CC(C)c1cc(C(C)(C)C)ccc1C(=O)Oc1cc(C2CCCC2)c(S(=O)(=O)O)c(C2CCCC2)c1. The van der Waals surface area contributed by atoms with Gasteiger partial charge in [0.1, 0.15) is 10.6 Å². The van der Waals surface area contributed by atoms with Crippen molar-refractivity contribution in [3.05, 3.63) is 58.1 Å². The molecule has 1 N–H and O–H groups in total. The van der Waals surface area contributed by atoms with E-state index in [1.165, 1.54) is 0 Å². The smallest absolute Gasteiger partial charge is 0.343 e. The van der Waals surface area contributed by atoms with Crippen molar-refractivity contribution in [2.45, 2.75) is 114 Å². The summed E-state index contributed by atoms with van der Waals surface area (Å²) in [6, 6.07) is 9.30. The van der Waals surface area contributed by atoms with E-state index in [0.29, 0.717) is 22.4 Å². The van der Waals surface area contributed by atoms with E-state index < -0.39 is 16.1 Å². The van der Waals surface area contributed by atoms with E-state index in [1.54, 1.807) is 12.1 Å². The van der Waals surface area contributed by atoms with Gasteiger partial charge in [-0.1, -0.05) is 72.4 Å². The molecule has 2 aliphatic rings. The highest BCUT2D eigenvalue weighted by atomic mass is 32.2. The molecule has 2 aromatic carbocycles. The van der Waals surface area contributed by atoms with Crippen LogP contribution in [0.3, 0.4) is 0 Å². The summed E-state index contributed by atoms with van der Waals surface area (Å²) in [5.74, 6) is 0.148. The van der Waals surface area contributed by atoms with E-state index in [0.717, 1.165) is 62.5 Å². The Morgan fingerprint density at radius 2 is 1.42 bits per heavy atom. The summed E-state index contributed by atoms with van der Waals surface area (Å²) >= 11 is 0. The van der Waals surface area contributed by atoms with Gasteiger partial charge in [0.25, 0.3) is 10.1 Å². The van der Waals surface area contributed by atoms with Gasteiger partial charge in [-0.25, -0.2) is 4.79 Å². The zero-order chi connectivity index (χ0) is 26.3. The molecule has 6 heteroatoms. The van der Waals surface area contributed by atoms with Gasteiger partial charge >= 0.3 is 5.97 Å². The number of ether oxygens (including phenoxy) is 1. The van der Waals surface area contributed by atoms with Crippen molar-refractivity contribution in [1.29, 1.82) is 0 Å². The normalized spacial score (nSPS) is 17.8. The van der Waals surface area contributed by atoms with Crippen LogP contribution in [0.15, 0.2) is 35.2 Å². The van der Waals surface area contributed by atoms with E-state index in [4.69, 9.17) is 4.74 Å². The molecule has 0 radical (unpaired) electrons. The van der Waals surface area contributed by atoms with E-state index in [-0.39, 0.29) is 28.1 Å². The van der Waals surface area contributed by atoms with Crippen molar-refractivity contribution < 1.29 is 22.5 Å². The van der Waals surface area contributed by atoms with Crippen LogP contribution in [0.1, 0.15) is 136 Å². The van der Waals surface area contributed by atoms with E-state index >= 15 is 0 Å². The minimum Gasteiger partial charge on any atom is -0.423 e. The second-order valence-electron chi connectivity index (χ2n) is 12.0. The molecule has 0 atom stereocenters. The van der Waals surface area contributed by atoms with Crippen LogP contribution in [0, 0.1) is 0 Å². The average Bonchev–Trinajstić information content (AvgIpc) is 3.51. The first kappa shape index (κ1) is 26.9. The van der Waals surface area contributed by atoms with Gasteiger partial charge in [0.15, 0.2) is 0 Å². The third kappa shape index (κ3) is 5.70. The topological polar surface area (TPSA) is 80.7 Å². The van der Waals surface area contributed by atoms with Gasteiger partial charge in [0, 0.05) is 0 Å². The van der Waals surface area contributed by atoms with Crippen LogP contribution in [-0.4, -0.2) is 18.9 Å². The maximum atomic E-state index is 13.5. The average molecular weight is 513 g/mol. The summed E-state index contributed by atoms with van der Waals surface area (Å²) in [4.78, 5) is 13.5. The first-order valence-corrected chi connectivity index (χ1v) is 14.8. The van der Waals surface area contributed by atoms with Crippen molar-refractivity contribution in [3.8, 4) is 5.75 Å². The van der Waals surface area contributed by atoms with Crippen molar-refractivity contribution in [3.63, 3.8) is 0 Å². The molecule has 5 nitrogen and oxygen atoms in total. The monoisotopic (exact) mass is 512 g/mol. The third-order valence-corrected chi connectivity index (χ3v) is 8.93. The molecular weight excluding hydrogens is 472 g/mol. The second kappa shape index (κ2) is 10.3. The Labute approximate surface area is 216 Å². The molecule has 4 rings (SSSR count). The van der Waals surface area contributed by atoms with Gasteiger partial charge in [-0.2, -0.15) is 8.42 Å². The lowest BCUT2D eigenvalue weighted by molar-refractivity contribution is 0.0732. The van der Waals surface area contributed by atoms with Crippen molar-refractivity contribution in [2.75, 3.05) is 0 Å². The first-order chi connectivity index (χ1) is 16.9. The quantitative estimate of drug-likeness (QED) is 0.242. The largest absolute Gasteiger partial charge is 0.423 e. The minimum atomic E-state index is -4.41. The van der Waals surface area contributed by atoms with Crippen molar-refractivity contribution in [2.24, 2.45) is 0 Å². The Balaban J connectivity index is 1.78. The van der Waals surface area contributed by atoms with Gasteiger partial charge in [-0.05, 0) is 89.3 Å². The number of rotatable bonds is 6. The summed E-state index contributed by atoms with van der Waals surface area (Å²) in [7, 11) is -4.41. The predicted octanol–water partition coefficient (Wildman–Crippen LogP) is 7.89. The van der Waals surface area contributed by atoms with Crippen molar-refractivity contribution in [1.82, 2.24) is 0 Å². The molecule has 0 unspecified atom stereocenters. The molecule has 196 valence electrons. The molecule has 0 heterocycles. The van der Waals surface area contributed by atoms with E-state index in [9.17, 15) is 17.8 Å². The molecule has 0 amide bonds. The lowest BCUT2D eigenvalue weighted by Crippen LogP contribution is -2.17. The Morgan fingerprint density at radius 1 is 0.917 bits per heavy atom. The Bertz CT molecular complexity index is 1190. The lowest BCUT2D eigenvalue weighted by Gasteiger charge is -2.23. The van der Waals surface area contributed by atoms with E-state index in [1.807, 2.05) is 12.1 Å². The highest BCUT2D eigenvalue weighted by Gasteiger charge is 2.33. The van der Waals surface area contributed by atoms with Crippen molar-refractivity contribution >= 4 is 16.1 Å². The molecule has 0 aromatic heterocycles. The molecule has 0 bridgehead atoms. The maximum Gasteiger partial charge on any atom is 0.343 e. The maximum absolute atomic E-state index is 13.5. The van der Waals surface area contributed by atoms with Crippen LogP contribution < -0.4 is 4.74 Å². The molecule has 0 spiro atoms. The molecule has 0 saturated heterocycles. The molecule has 2 saturated carbocycles. The predicted molar refractivity (Wildman–Crippen MR) is 143 cm³/mol. The van der Waals surface area contributed by atoms with Gasteiger partial charge < -0.3 is 4.74 Å². The van der Waals surface area contributed by atoms with E-state index in [2.05, 4.69) is 40.7 Å². The molecule has 2 fully saturated rings. The summed E-state index contributed by atoms with van der Waals surface area (Å²) in [5.41, 5.74) is 3.80. The summed E-state index contributed by atoms with van der Waals surface area (Å²) in [6.07, 6.45) is 7.58. The van der Waals surface area contributed by atoms with Crippen LogP contribution in [0.4, 0.5) is 0 Å². The van der Waals surface area contributed by atoms with Crippen LogP contribution in [0.25, 0.3) is 0 Å². The molecule has 2 aliphatic carbocycles. The van der Waals surface area contributed by atoms with Crippen LogP contribution in [-0.2, 0) is 15.5 Å². The summed E-state index contributed by atoms with van der Waals surface area (Å²) in [6.45, 7) is 10.6. The van der Waals surface area contributed by atoms with Gasteiger partial charge in [-0.15, -0.1) is 0 Å². The standard InChI is InChI=1S/C30H40O5S/c1-19(2)25-16-22(30(3,4)5)14-15-24(25)29(31)35-23-17-26(20-10-6-7-11-20)28(36(32,33)34)27(18-23)21-12-8-9-13-21/h14-21H,6-13H2,1-5H3,(H,32,33,34). The van der Waals surface area contributed by atoms with Crippen LogP contribution in [0.2, 0.25) is 0 Å². The highest BCUT2D eigenvalue weighted by molar-refractivity contribution is 7.86. The second-order valence-corrected chi connectivity index (χ2v) is 13.3. The third-order valence-electron chi connectivity index (χ3n) is 7.94. The summed E-state index contributed by atoms with van der Waals surface area (Å²) < 4.78 is 41.5. The van der Waals surface area contributed by atoms with Crippen LogP contribution in [0.5, 0.6) is 5.75 Å². The molecule has 36 heavy (non-hydrogen) atoms. The van der Waals surface area contributed by atoms with Gasteiger partial charge in [0.2, 0.25) is 0 Å². The highest BCUT2D eigenvalue weighted by Crippen LogP contribution is 2.45. The molecular formula is C30H40O5S. The zero-order valence-electron chi connectivity index (χ0n) is 22.3. The molecule has 0 aliphatic heterocycles. The fourth-order valence-corrected chi connectivity index (χ4v) is 6.98. The summed E-state index contributed by atoms with van der Waals surface area (Å²) in [5, 5.41) is 0. The first-order valence-electron chi connectivity index (χ1n) is 13.4. The fraction of sp³-hybridized carbons (Fsp3) is 0.567. The van der Waals surface area contributed by atoms with Crippen LogP contribution >= 0.6 is 0 Å². The number of hydrogen-bond acceptors (Lipinski definition) is 4. The van der Waals surface area contributed by atoms with Gasteiger partial charge in [0.05, 0.1) is 5.56 Å². The Kier molecular flexibility index (Phi) is 7.68. The number of hydrogen-bond donors (Lipinski definition) is 1. The lowest BCUT2D eigenvalue weighted by atomic mass is 9.83. The Morgan fingerprint density at radius 3 is 1.83 bits per heavy atom. The minimum absolute atomic E-state index is 0.0376. The zero-order valence-corrected chi connectivity index (χ0v) is 23.1. The number of carbonyl (C=O) groups is 1. The fourth-order valence-electron chi connectivity index (χ4n) is 5.94. The number of benzene rings is 2.